The van der Waals surface area contributed by atoms with Gasteiger partial charge in [0.25, 0.3) is 0 Å². The number of carboxylic acids is 2. The molecule has 0 bridgehead atoms. The van der Waals surface area contributed by atoms with E-state index in [2.05, 4.69) is 13.8 Å². The van der Waals surface area contributed by atoms with Gasteiger partial charge in [-0.1, -0.05) is 90.9 Å². The molecule has 0 aromatic rings. The van der Waals surface area contributed by atoms with E-state index < -0.39 is 23.8 Å². The van der Waals surface area contributed by atoms with Gasteiger partial charge in [0, 0.05) is 17.4 Å². The summed E-state index contributed by atoms with van der Waals surface area (Å²) in [5, 5.41) is 22.8. The molecule has 0 unspecified atom stereocenters. The maximum Gasteiger partial charge on any atom is 1.00 e. The molecule has 0 saturated carbocycles. The smallest absolute Gasteiger partial charge is 0.550 e. The zero-order valence-corrected chi connectivity index (χ0v) is 21.7. The number of carbonyl (C=O) groups is 2. The van der Waals surface area contributed by atoms with Crippen LogP contribution in [0.2, 0.25) is 0 Å². The van der Waals surface area contributed by atoms with Crippen LogP contribution in [0, 0.1) is 5.41 Å². The molecule has 0 aromatic carbocycles. The molecule has 0 heterocycles. The average molecular weight is 386 g/mol. The quantitative estimate of drug-likeness (QED) is 0.202. The Labute approximate surface area is 204 Å². The van der Waals surface area contributed by atoms with E-state index in [9.17, 15) is 19.8 Å². The van der Waals surface area contributed by atoms with Crippen molar-refractivity contribution in [3.8, 4) is 0 Å². The molecular weight excluding hydrogens is 350 g/mol. The van der Waals surface area contributed by atoms with Crippen LogP contribution in [-0.2, 0) is 9.59 Å². The summed E-state index contributed by atoms with van der Waals surface area (Å²) in [5.41, 5.74) is -1.24. The molecule has 0 spiro atoms. The molecular formula is C20H36Na2O4. The first-order valence-electron chi connectivity index (χ1n) is 9.89. The zero-order valence-electron chi connectivity index (χ0n) is 17.7. The van der Waals surface area contributed by atoms with Crippen molar-refractivity contribution in [3.05, 3.63) is 0 Å². The van der Waals surface area contributed by atoms with Gasteiger partial charge in [-0.05, 0) is 19.3 Å². The van der Waals surface area contributed by atoms with Gasteiger partial charge in [0.1, 0.15) is 0 Å². The molecule has 0 atom stereocenters. The van der Waals surface area contributed by atoms with Crippen LogP contribution in [0.25, 0.3) is 0 Å². The Hall–Kier alpha value is 0.940. The fourth-order valence-corrected chi connectivity index (χ4v) is 3.34. The number of carbonyl (C=O) groups excluding carboxylic acids is 2. The van der Waals surface area contributed by atoms with E-state index in [1.807, 2.05) is 0 Å². The third-order valence-electron chi connectivity index (χ3n) is 4.93. The molecule has 0 saturated heterocycles. The maximum absolute atomic E-state index is 11.7. The van der Waals surface area contributed by atoms with Crippen LogP contribution in [0.15, 0.2) is 0 Å². The summed E-state index contributed by atoms with van der Waals surface area (Å²) in [6.07, 6.45) is 13.0. The van der Waals surface area contributed by atoms with Gasteiger partial charge in [0.2, 0.25) is 0 Å². The summed E-state index contributed by atoms with van der Waals surface area (Å²) < 4.78 is 0. The van der Waals surface area contributed by atoms with Crippen LogP contribution in [0.1, 0.15) is 110 Å². The van der Waals surface area contributed by atoms with Crippen LogP contribution >= 0.6 is 0 Å². The Morgan fingerprint density at radius 2 is 1.00 bits per heavy atom. The van der Waals surface area contributed by atoms with E-state index in [-0.39, 0.29) is 59.1 Å². The minimum atomic E-state index is -1.28. The van der Waals surface area contributed by atoms with Gasteiger partial charge in [-0.2, -0.15) is 0 Å². The summed E-state index contributed by atoms with van der Waals surface area (Å²) >= 11 is 0. The van der Waals surface area contributed by atoms with E-state index in [1.165, 1.54) is 25.7 Å². The monoisotopic (exact) mass is 386 g/mol. The Morgan fingerprint density at radius 1 is 0.654 bits per heavy atom. The molecule has 0 rings (SSSR count). The number of carboxylic acid groups (broad SMARTS) is 2. The van der Waals surface area contributed by atoms with E-state index in [0.29, 0.717) is 12.8 Å². The number of unbranched alkanes of at least 4 members (excludes halogenated alkanes) is 10. The van der Waals surface area contributed by atoms with Crippen LogP contribution in [0.4, 0.5) is 0 Å². The Bertz CT molecular complexity index is 333. The van der Waals surface area contributed by atoms with Crippen molar-refractivity contribution in [2.24, 2.45) is 5.41 Å². The molecule has 26 heavy (non-hydrogen) atoms. The van der Waals surface area contributed by atoms with E-state index in [4.69, 9.17) is 0 Å². The first-order valence-corrected chi connectivity index (χ1v) is 9.89. The van der Waals surface area contributed by atoms with Gasteiger partial charge < -0.3 is 19.8 Å². The van der Waals surface area contributed by atoms with E-state index in [1.54, 1.807) is 0 Å². The third kappa shape index (κ3) is 15.9. The topological polar surface area (TPSA) is 80.3 Å². The van der Waals surface area contributed by atoms with Crippen molar-refractivity contribution >= 4 is 11.9 Å². The van der Waals surface area contributed by atoms with Crippen LogP contribution in [-0.4, -0.2) is 11.9 Å². The number of aliphatic carboxylic acids is 2. The number of hydrogen-bond donors (Lipinski definition) is 0. The van der Waals surface area contributed by atoms with Crippen LogP contribution < -0.4 is 69.3 Å². The van der Waals surface area contributed by atoms with Gasteiger partial charge in [-0.3, -0.25) is 0 Å². The van der Waals surface area contributed by atoms with E-state index >= 15 is 0 Å². The summed E-state index contributed by atoms with van der Waals surface area (Å²) in [6, 6.07) is 0. The SMILES string of the molecule is CCCCCCCCC(CCCCCCCC)(CC(=O)[O-])C(=O)[O-].[Na+].[Na+]. The molecule has 0 aliphatic carbocycles. The molecule has 0 aliphatic heterocycles. The molecule has 0 amide bonds. The number of hydrogen-bond acceptors (Lipinski definition) is 4. The van der Waals surface area contributed by atoms with Crippen LogP contribution in [0.3, 0.4) is 0 Å². The van der Waals surface area contributed by atoms with Crippen molar-refractivity contribution in [2.75, 3.05) is 0 Å². The summed E-state index contributed by atoms with van der Waals surface area (Å²) in [7, 11) is 0. The second-order valence-electron chi connectivity index (χ2n) is 7.15. The van der Waals surface area contributed by atoms with Gasteiger partial charge in [-0.25, -0.2) is 0 Å². The molecule has 0 radical (unpaired) electrons. The van der Waals surface area contributed by atoms with Crippen molar-refractivity contribution in [2.45, 2.75) is 110 Å². The first-order chi connectivity index (χ1) is 11.5. The maximum atomic E-state index is 11.7. The van der Waals surface area contributed by atoms with E-state index in [0.717, 1.165) is 51.4 Å². The molecule has 142 valence electrons. The molecule has 0 aromatic heterocycles. The summed E-state index contributed by atoms with van der Waals surface area (Å²) in [6.45, 7) is 4.31. The predicted octanol–water partition coefficient (Wildman–Crippen LogP) is -2.63. The fraction of sp³-hybridized carbons (Fsp3) is 0.900. The summed E-state index contributed by atoms with van der Waals surface area (Å²) in [4.78, 5) is 22.8. The molecule has 4 nitrogen and oxygen atoms in total. The third-order valence-corrected chi connectivity index (χ3v) is 4.93. The second kappa shape index (κ2) is 20.7. The molecule has 0 N–H and O–H groups in total. The average Bonchev–Trinajstić information content (AvgIpc) is 2.53. The van der Waals surface area contributed by atoms with Crippen molar-refractivity contribution in [1.29, 1.82) is 0 Å². The number of rotatable bonds is 17. The van der Waals surface area contributed by atoms with Gasteiger partial charge in [0.05, 0.1) is 0 Å². The summed E-state index contributed by atoms with van der Waals surface area (Å²) in [5.74, 6) is -2.50. The zero-order chi connectivity index (χ0) is 18.3. The minimum Gasteiger partial charge on any atom is -0.550 e. The van der Waals surface area contributed by atoms with Gasteiger partial charge >= 0.3 is 59.1 Å². The van der Waals surface area contributed by atoms with Gasteiger partial charge in [0.15, 0.2) is 0 Å². The normalized spacial score (nSPS) is 10.7. The second-order valence-corrected chi connectivity index (χ2v) is 7.15. The molecule has 0 fully saturated rings. The molecule has 6 heteroatoms. The standard InChI is InChI=1S/C20H38O4.2Na/c1-3-5-7-9-11-13-15-20(19(23)24,17-18(21)22)16-14-12-10-8-6-4-2;;/h3-17H2,1-2H3,(H,21,22)(H,23,24);;/q;2*+1/p-2. The predicted molar refractivity (Wildman–Crippen MR) is 93.1 cm³/mol. The van der Waals surface area contributed by atoms with Crippen molar-refractivity contribution in [3.63, 3.8) is 0 Å². The van der Waals surface area contributed by atoms with Crippen LogP contribution in [0.5, 0.6) is 0 Å². The van der Waals surface area contributed by atoms with Crippen molar-refractivity contribution < 1.29 is 78.9 Å². The Morgan fingerprint density at radius 3 is 1.31 bits per heavy atom. The minimum absolute atomic E-state index is 0. The largest absolute Gasteiger partial charge is 1.00 e. The Kier molecular flexibility index (Phi) is 25.1. The first kappa shape index (κ1) is 31.6. The Balaban J connectivity index is -0.00000264. The van der Waals surface area contributed by atoms with Crippen molar-refractivity contribution in [1.82, 2.24) is 0 Å². The van der Waals surface area contributed by atoms with Gasteiger partial charge in [-0.15, -0.1) is 0 Å². The molecule has 0 aliphatic rings. The fourth-order valence-electron chi connectivity index (χ4n) is 3.34.